The number of ether oxygens (including phenoxy) is 1. The summed E-state index contributed by atoms with van der Waals surface area (Å²) in [5.41, 5.74) is 6.53. The quantitative estimate of drug-likeness (QED) is 0.231. The van der Waals surface area contributed by atoms with Gasteiger partial charge in [0.25, 0.3) is 5.91 Å². The molecule has 0 aliphatic carbocycles. The number of rotatable bonds is 5. The van der Waals surface area contributed by atoms with E-state index in [0.29, 0.717) is 30.4 Å². The maximum absolute atomic E-state index is 15.5. The maximum atomic E-state index is 15.5. The molecule has 216 valence electrons. The molecule has 3 heterocycles. The number of nitrogen functional groups attached to an aromatic ring is 1. The fourth-order valence-corrected chi connectivity index (χ4v) is 4.96. The largest absolute Gasteiger partial charge is 0.454 e. The predicted molar refractivity (Wildman–Crippen MR) is 150 cm³/mol. The molecule has 2 aromatic heterocycles. The SMILES string of the molecule is CC(C)(C)C=C(C#N)C(=O)N1CCCC(n2nc(-c3ccc(Oc4cccc(F)c4F)cc3F)c3c(N)ncnc32)C1. The lowest BCUT2D eigenvalue weighted by Gasteiger charge is -2.33. The molecule has 0 spiro atoms. The van der Waals surface area contributed by atoms with E-state index in [1.54, 1.807) is 15.7 Å². The number of piperidine rings is 1. The second-order valence-corrected chi connectivity index (χ2v) is 11.1. The molecule has 0 bridgehead atoms. The van der Waals surface area contributed by atoms with Crippen molar-refractivity contribution in [2.75, 3.05) is 18.8 Å². The Morgan fingerprint density at radius 2 is 1.95 bits per heavy atom. The number of aromatic nitrogens is 4. The summed E-state index contributed by atoms with van der Waals surface area (Å²) in [4.78, 5) is 23.3. The lowest BCUT2D eigenvalue weighted by Crippen LogP contribution is -2.41. The zero-order valence-corrected chi connectivity index (χ0v) is 23.2. The Morgan fingerprint density at radius 1 is 1.17 bits per heavy atom. The fraction of sp³-hybridized carbons (Fsp3) is 0.300. The minimum atomic E-state index is -1.19. The molecule has 42 heavy (non-hydrogen) atoms. The summed E-state index contributed by atoms with van der Waals surface area (Å²) >= 11 is 0. The van der Waals surface area contributed by atoms with Crippen LogP contribution in [-0.2, 0) is 4.79 Å². The van der Waals surface area contributed by atoms with E-state index in [0.717, 1.165) is 12.1 Å². The highest BCUT2D eigenvalue weighted by atomic mass is 19.2. The fourth-order valence-electron chi connectivity index (χ4n) is 4.96. The molecule has 1 amide bonds. The Kier molecular flexibility index (Phi) is 7.60. The van der Waals surface area contributed by atoms with Gasteiger partial charge in [0.2, 0.25) is 5.82 Å². The van der Waals surface area contributed by atoms with Crippen LogP contribution in [0.25, 0.3) is 22.3 Å². The van der Waals surface area contributed by atoms with Crippen molar-refractivity contribution in [2.24, 2.45) is 5.41 Å². The first-order valence-electron chi connectivity index (χ1n) is 13.3. The van der Waals surface area contributed by atoms with Crippen molar-refractivity contribution in [3.63, 3.8) is 0 Å². The predicted octanol–water partition coefficient (Wildman–Crippen LogP) is 5.94. The van der Waals surface area contributed by atoms with Gasteiger partial charge in [-0.3, -0.25) is 4.79 Å². The Labute approximate surface area is 240 Å². The van der Waals surface area contributed by atoms with Gasteiger partial charge in [-0.2, -0.15) is 14.8 Å². The van der Waals surface area contributed by atoms with Gasteiger partial charge in [-0.1, -0.05) is 32.9 Å². The van der Waals surface area contributed by atoms with Crippen LogP contribution in [0, 0.1) is 34.2 Å². The first kappa shape index (κ1) is 28.6. The molecule has 1 fully saturated rings. The number of nitriles is 1. The molecule has 5 rings (SSSR count). The molecule has 9 nitrogen and oxygen atoms in total. The first-order chi connectivity index (χ1) is 20.0. The van der Waals surface area contributed by atoms with Crippen LogP contribution >= 0.6 is 0 Å². The second kappa shape index (κ2) is 11.2. The molecule has 12 heteroatoms. The standard InChI is InChI=1S/C30H28F3N7O2/c1-30(2,3)13-17(14-34)29(41)39-11-5-6-18(15-39)40-28-24(27(35)36-16-37-28)26(38-40)20-10-9-19(12-22(20)32)42-23-8-4-7-21(31)25(23)33/h4,7-10,12-13,16,18H,5-6,11,15H2,1-3H3,(H2,35,36,37). The molecular formula is C30H28F3N7O2. The van der Waals surface area contributed by atoms with E-state index in [1.807, 2.05) is 26.8 Å². The molecule has 4 aromatic rings. The van der Waals surface area contributed by atoms with E-state index in [-0.39, 0.29) is 58.1 Å². The number of allylic oxidation sites excluding steroid dienone is 1. The van der Waals surface area contributed by atoms with Crippen LogP contribution in [0.15, 0.2) is 54.4 Å². The number of nitrogens with zero attached hydrogens (tertiary/aromatic N) is 6. The Balaban J connectivity index is 1.49. The van der Waals surface area contributed by atoms with Crippen LogP contribution in [0.2, 0.25) is 0 Å². The van der Waals surface area contributed by atoms with Gasteiger partial charge in [0.1, 0.15) is 41.0 Å². The van der Waals surface area contributed by atoms with E-state index in [4.69, 9.17) is 10.5 Å². The van der Waals surface area contributed by atoms with E-state index < -0.39 is 17.5 Å². The smallest absolute Gasteiger partial charge is 0.264 e. The Hall–Kier alpha value is -4.92. The average Bonchev–Trinajstić information content (AvgIpc) is 3.34. The molecule has 1 atom stereocenters. The van der Waals surface area contributed by atoms with Crippen LogP contribution < -0.4 is 10.5 Å². The number of halogens is 3. The van der Waals surface area contributed by atoms with Crippen LogP contribution in [0.1, 0.15) is 39.7 Å². The van der Waals surface area contributed by atoms with Gasteiger partial charge in [0.15, 0.2) is 17.2 Å². The number of fused-ring (bicyclic) bond motifs is 1. The van der Waals surface area contributed by atoms with Gasteiger partial charge >= 0.3 is 0 Å². The van der Waals surface area contributed by atoms with E-state index in [1.165, 1.54) is 30.6 Å². The van der Waals surface area contributed by atoms with Gasteiger partial charge in [0.05, 0.1) is 11.4 Å². The van der Waals surface area contributed by atoms with Gasteiger partial charge in [-0.25, -0.2) is 23.4 Å². The molecule has 0 radical (unpaired) electrons. The number of hydrogen-bond acceptors (Lipinski definition) is 7. The minimum Gasteiger partial charge on any atom is -0.454 e. The molecule has 2 aromatic carbocycles. The first-order valence-corrected chi connectivity index (χ1v) is 13.3. The number of amides is 1. The third-order valence-corrected chi connectivity index (χ3v) is 6.82. The monoisotopic (exact) mass is 575 g/mol. The Bertz CT molecular complexity index is 1750. The van der Waals surface area contributed by atoms with Crippen LogP contribution in [-0.4, -0.2) is 43.6 Å². The van der Waals surface area contributed by atoms with E-state index in [2.05, 4.69) is 15.1 Å². The number of likely N-dealkylation sites (tertiary alicyclic amines) is 1. The zero-order valence-electron chi connectivity index (χ0n) is 23.2. The van der Waals surface area contributed by atoms with Crippen LogP contribution in [0.4, 0.5) is 19.0 Å². The summed E-state index contributed by atoms with van der Waals surface area (Å²) in [6.45, 7) is 6.47. The lowest BCUT2D eigenvalue weighted by molar-refractivity contribution is -0.128. The van der Waals surface area contributed by atoms with Gasteiger partial charge in [0, 0.05) is 24.7 Å². The van der Waals surface area contributed by atoms with Crippen molar-refractivity contribution in [3.8, 4) is 28.8 Å². The molecule has 1 aliphatic rings. The third kappa shape index (κ3) is 5.63. The number of carbonyl (C=O) groups excluding carboxylic acids is 1. The number of nitrogens with two attached hydrogens (primary N) is 1. The summed E-state index contributed by atoms with van der Waals surface area (Å²) in [5.74, 6) is -3.73. The van der Waals surface area contributed by atoms with Crippen molar-refractivity contribution in [2.45, 2.75) is 39.7 Å². The van der Waals surface area contributed by atoms with E-state index >= 15 is 4.39 Å². The van der Waals surface area contributed by atoms with Crippen molar-refractivity contribution < 1.29 is 22.7 Å². The third-order valence-electron chi connectivity index (χ3n) is 6.82. The number of benzene rings is 2. The molecule has 2 N–H and O–H groups in total. The van der Waals surface area contributed by atoms with Crippen LogP contribution in [0.5, 0.6) is 11.5 Å². The molecular weight excluding hydrogens is 547 g/mol. The summed E-state index contributed by atoms with van der Waals surface area (Å²) in [7, 11) is 0. The van der Waals surface area contributed by atoms with Crippen molar-refractivity contribution in [1.82, 2.24) is 24.6 Å². The topological polar surface area (TPSA) is 123 Å². The summed E-state index contributed by atoms with van der Waals surface area (Å²) < 4.78 is 50.1. The normalized spacial score (nSPS) is 16.0. The lowest BCUT2D eigenvalue weighted by atomic mass is 9.93. The molecule has 0 saturated carbocycles. The average molecular weight is 576 g/mol. The summed E-state index contributed by atoms with van der Waals surface area (Å²) in [6, 6.07) is 8.99. The zero-order chi connectivity index (χ0) is 30.2. The highest BCUT2D eigenvalue weighted by molar-refractivity contribution is 5.99. The van der Waals surface area contributed by atoms with Gasteiger partial charge < -0.3 is 15.4 Å². The highest BCUT2D eigenvalue weighted by Gasteiger charge is 2.31. The van der Waals surface area contributed by atoms with Gasteiger partial charge in [-0.05, 0) is 42.5 Å². The highest BCUT2D eigenvalue weighted by Crippen LogP contribution is 2.37. The van der Waals surface area contributed by atoms with Gasteiger partial charge in [-0.15, -0.1) is 0 Å². The minimum absolute atomic E-state index is 0.0493. The number of carbonyl (C=O) groups is 1. The van der Waals surface area contributed by atoms with Crippen molar-refractivity contribution in [1.29, 1.82) is 5.26 Å². The van der Waals surface area contributed by atoms with Crippen LogP contribution in [0.3, 0.4) is 0 Å². The molecule has 1 aliphatic heterocycles. The molecule has 1 saturated heterocycles. The summed E-state index contributed by atoms with van der Waals surface area (Å²) in [6.07, 6.45) is 4.25. The van der Waals surface area contributed by atoms with Crippen molar-refractivity contribution >= 4 is 22.8 Å². The number of anilines is 1. The van der Waals surface area contributed by atoms with E-state index in [9.17, 15) is 18.8 Å². The number of hydrogen-bond donors (Lipinski definition) is 1. The Morgan fingerprint density at radius 3 is 2.67 bits per heavy atom. The summed E-state index contributed by atoms with van der Waals surface area (Å²) in [5, 5.41) is 14.7. The second-order valence-electron chi connectivity index (χ2n) is 11.1. The molecule has 1 unspecified atom stereocenters. The maximum Gasteiger partial charge on any atom is 0.264 e. The van der Waals surface area contributed by atoms with Crippen molar-refractivity contribution in [3.05, 3.63) is 71.8 Å².